The summed E-state index contributed by atoms with van der Waals surface area (Å²) in [5, 5.41) is 6.31. The van der Waals surface area contributed by atoms with Gasteiger partial charge in [-0.1, -0.05) is 24.3 Å². The molecule has 2 aromatic carbocycles. The molecule has 5 nitrogen and oxygen atoms in total. The highest BCUT2D eigenvalue weighted by molar-refractivity contribution is 7.22. The van der Waals surface area contributed by atoms with Gasteiger partial charge in [0.2, 0.25) is 5.91 Å². The van der Waals surface area contributed by atoms with Gasteiger partial charge in [-0.15, -0.1) is 0 Å². The molecule has 3 rings (SSSR count). The first-order valence-electron chi connectivity index (χ1n) is 8.55. The van der Waals surface area contributed by atoms with E-state index >= 15 is 0 Å². The Morgan fingerprint density at radius 3 is 2.58 bits per heavy atom. The summed E-state index contributed by atoms with van der Waals surface area (Å²) < 4.78 is 0.912. The first-order chi connectivity index (χ1) is 12.5. The van der Waals surface area contributed by atoms with Crippen LogP contribution in [0.5, 0.6) is 0 Å². The van der Waals surface area contributed by atoms with E-state index in [1.165, 1.54) is 11.3 Å². The zero-order chi connectivity index (χ0) is 18.7. The summed E-state index contributed by atoms with van der Waals surface area (Å²) in [5.74, 6) is -0.178. The molecule has 26 heavy (non-hydrogen) atoms. The molecular weight excluding hydrogens is 346 g/mol. The van der Waals surface area contributed by atoms with E-state index in [-0.39, 0.29) is 11.8 Å². The van der Waals surface area contributed by atoms with Gasteiger partial charge >= 0.3 is 0 Å². The number of anilines is 2. The lowest BCUT2D eigenvalue weighted by Gasteiger charge is -2.07. The highest BCUT2D eigenvalue weighted by Gasteiger charge is 2.10. The second-order valence-corrected chi connectivity index (χ2v) is 7.28. The predicted molar refractivity (Wildman–Crippen MR) is 107 cm³/mol. The fourth-order valence-electron chi connectivity index (χ4n) is 2.55. The molecule has 0 aliphatic heterocycles. The van der Waals surface area contributed by atoms with Gasteiger partial charge in [-0.25, -0.2) is 4.98 Å². The van der Waals surface area contributed by atoms with Crippen LogP contribution < -0.4 is 10.6 Å². The van der Waals surface area contributed by atoms with Crippen LogP contribution in [0.15, 0.2) is 36.4 Å². The number of amides is 2. The van der Waals surface area contributed by atoms with Crippen molar-refractivity contribution in [3.63, 3.8) is 0 Å². The van der Waals surface area contributed by atoms with E-state index in [1.54, 1.807) is 0 Å². The number of aromatic nitrogens is 1. The number of fused-ring (bicyclic) bond motifs is 1. The molecule has 0 atom stereocenters. The van der Waals surface area contributed by atoms with E-state index in [2.05, 4.69) is 15.6 Å². The van der Waals surface area contributed by atoms with Crippen molar-refractivity contribution >= 4 is 44.2 Å². The molecule has 0 saturated carbocycles. The first kappa shape index (κ1) is 18.1. The van der Waals surface area contributed by atoms with Crippen molar-refractivity contribution in [3.05, 3.63) is 53.1 Å². The summed E-state index contributed by atoms with van der Waals surface area (Å²) in [6.45, 7) is 5.97. The second-order valence-electron chi connectivity index (χ2n) is 6.25. The van der Waals surface area contributed by atoms with Crippen LogP contribution in [0, 0.1) is 13.8 Å². The van der Waals surface area contributed by atoms with E-state index in [9.17, 15) is 9.59 Å². The third kappa shape index (κ3) is 4.08. The third-order valence-corrected chi connectivity index (χ3v) is 5.07. The average Bonchev–Trinajstić information content (AvgIpc) is 2.98. The maximum absolute atomic E-state index is 12.5. The molecule has 134 valence electrons. The Morgan fingerprint density at radius 1 is 1.04 bits per heavy atom. The fourth-order valence-corrected chi connectivity index (χ4v) is 3.47. The van der Waals surface area contributed by atoms with Crippen molar-refractivity contribution in [2.24, 2.45) is 0 Å². The zero-order valence-corrected chi connectivity index (χ0v) is 15.9. The van der Waals surface area contributed by atoms with Crippen molar-refractivity contribution < 1.29 is 9.59 Å². The van der Waals surface area contributed by atoms with Crippen molar-refractivity contribution in [1.82, 2.24) is 4.98 Å². The average molecular weight is 367 g/mol. The standard InChI is InChI=1S/C20H21N3O2S/c1-4-5-18(24)23-20-22-16-9-8-15(11-17(16)26-20)21-19(25)14-7-6-12(2)13(3)10-14/h6-11H,4-5H2,1-3H3,(H,21,25)(H,22,23,24). The number of benzene rings is 2. The van der Waals surface area contributed by atoms with Gasteiger partial charge in [-0.2, -0.15) is 0 Å². The molecule has 0 fully saturated rings. The lowest BCUT2D eigenvalue weighted by atomic mass is 10.1. The topological polar surface area (TPSA) is 71.1 Å². The van der Waals surface area contributed by atoms with Gasteiger partial charge < -0.3 is 10.6 Å². The summed E-state index contributed by atoms with van der Waals surface area (Å²) >= 11 is 1.40. The second kappa shape index (κ2) is 7.66. The number of thiazole rings is 1. The minimum absolute atomic E-state index is 0.0326. The molecule has 1 aromatic heterocycles. The van der Waals surface area contributed by atoms with E-state index in [0.717, 1.165) is 27.8 Å². The maximum atomic E-state index is 12.5. The van der Waals surface area contributed by atoms with Gasteiger partial charge in [0.15, 0.2) is 5.13 Å². The first-order valence-corrected chi connectivity index (χ1v) is 9.37. The monoisotopic (exact) mass is 367 g/mol. The minimum atomic E-state index is -0.145. The van der Waals surface area contributed by atoms with Crippen molar-refractivity contribution in [1.29, 1.82) is 0 Å². The van der Waals surface area contributed by atoms with E-state index in [1.807, 2.05) is 57.2 Å². The van der Waals surface area contributed by atoms with Crippen molar-refractivity contribution in [3.8, 4) is 0 Å². The largest absolute Gasteiger partial charge is 0.322 e. The molecule has 0 radical (unpaired) electrons. The van der Waals surface area contributed by atoms with Gasteiger partial charge in [0, 0.05) is 17.7 Å². The number of nitrogens with one attached hydrogen (secondary N) is 2. The van der Waals surface area contributed by atoms with Gasteiger partial charge in [-0.3, -0.25) is 9.59 Å². The smallest absolute Gasteiger partial charge is 0.255 e. The van der Waals surface area contributed by atoms with Crippen LogP contribution in [0.4, 0.5) is 10.8 Å². The van der Waals surface area contributed by atoms with Gasteiger partial charge in [0.25, 0.3) is 5.91 Å². The highest BCUT2D eigenvalue weighted by Crippen LogP contribution is 2.28. The van der Waals surface area contributed by atoms with Crippen LogP contribution >= 0.6 is 11.3 Å². The molecule has 0 spiro atoms. The molecule has 2 N–H and O–H groups in total. The van der Waals surface area contributed by atoms with E-state index in [4.69, 9.17) is 0 Å². The van der Waals surface area contributed by atoms with Gasteiger partial charge in [-0.05, 0) is 61.7 Å². The number of hydrogen-bond acceptors (Lipinski definition) is 4. The molecule has 0 aliphatic rings. The quantitative estimate of drug-likeness (QED) is 0.673. The number of rotatable bonds is 5. The Labute approximate surface area is 156 Å². The van der Waals surface area contributed by atoms with Crippen LogP contribution in [-0.4, -0.2) is 16.8 Å². The van der Waals surface area contributed by atoms with Crippen molar-refractivity contribution in [2.75, 3.05) is 10.6 Å². The van der Waals surface area contributed by atoms with E-state index < -0.39 is 0 Å². The maximum Gasteiger partial charge on any atom is 0.255 e. The normalized spacial score (nSPS) is 10.7. The molecule has 1 heterocycles. The highest BCUT2D eigenvalue weighted by atomic mass is 32.1. The number of nitrogens with zero attached hydrogens (tertiary/aromatic N) is 1. The Kier molecular flexibility index (Phi) is 5.32. The van der Waals surface area contributed by atoms with Crippen LogP contribution in [0.1, 0.15) is 41.3 Å². The van der Waals surface area contributed by atoms with Crippen LogP contribution in [0.2, 0.25) is 0 Å². The lowest BCUT2D eigenvalue weighted by molar-refractivity contribution is -0.116. The summed E-state index contributed by atoms with van der Waals surface area (Å²) in [6, 6.07) is 11.2. The lowest BCUT2D eigenvalue weighted by Crippen LogP contribution is -2.12. The van der Waals surface area contributed by atoms with Gasteiger partial charge in [0.1, 0.15) is 0 Å². The molecule has 0 saturated heterocycles. The number of hydrogen-bond donors (Lipinski definition) is 2. The summed E-state index contributed by atoms with van der Waals surface area (Å²) in [4.78, 5) is 28.6. The van der Waals surface area contributed by atoms with Crippen LogP contribution in [0.3, 0.4) is 0 Å². The molecule has 0 bridgehead atoms. The SMILES string of the molecule is CCCC(=O)Nc1nc2ccc(NC(=O)c3ccc(C)c(C)c3)cc2s1. The molecule has 3 aromatic rings. The number of aryl methyl sites for hydroxylation is 2. The summed E-state index contributed by atoms with van der Waals surface area (Å²) in [5.41, 5.74) is 4.38. The van der Waals surface area contributed by atoms with Crippen LogP contribution in [0.25, 0.3) is 10.2 Å². The molecular formula is C20H21N3O2S. The van der Waals surface area contributed by atoms with E-state index in [0.29, 0.717) is 22.8 Å². The molecule has 6 heteroatoms. The Morgan fingerprint density at radius 2 is 1.85 bits per heavy atom. The third-order valence-electron chi connectivity index (χ3n) is 4.14. The summed E-state index contributed by atoms with van der Waals surface area (Å²) in [7, 11) is 0. The molecule has 0 unspecified atom stereocenters. The predicted octanol–water partition coefficient (Wildman–Crippen LogP) is 4.90. The molecule has 2 amide bonds. The molecule has 0 aliphatic carbocycles. The summed E-state index contributed by atoms with van der Waals surface area (Å²) in [6.07, 6.45) is 1.28. The number of carbonyl (C=O) groups excluding carboxylic acids is 2. The zero-order valence-electron chi connectivity index (χ0n) is 15.1. The fraction of sp³-hybridized carbons (Fsp3) is 0.250. The Hall–Kier alpha value is -2.73. The van der Waals surface area contributed by atoms with Crippen LogP contribution in [-0.2, 0) is 4.79 Å². The number of carbonyl (C=O) groups is 2. The van der Waals surface area contributed by atoms with Crippen molar-refractivity contribution in [2.45, 2.75) is 33.6 Å². The Balaban J connectivity index is 1.77. The van der Waals surface area contributed by atoms with Gasteiger partial charge in [0.05, 0.1) is 10.2 Å². The minimum Gasteiger partial charge on any atom is -0.322 e. The Bertz CT molecular complexity index is 978.